The third kappa shape index (κ3) is 10.8. The minimum absolute atomic E-state index is 0.0695. The molecule has 44 heavy (non-hydrogen) atoms. The molecule has 0 aliphatic rings. The number of halogens is 2. The summed E-state index contributed by atoms with van der Waals surface area (Å²) in [5.74, 6) is -0.473. The Kier molecular flexibility index (Phi) is 12.9. The Labute approximate surface area is 267 Å². The van der Waals surface area contributed by atoms with Gasteiger partial charge in [-0.15, -0.1) is 0 Å². The van der Waals surface area contributed by atoms with Crippen LogP contribution < -0.4 is 25.6 Å². The Bertz CT molecular complexity index is 1460. The van der Waals surface area contributed by atoms with Crippen molar-refractivity contribution in [3.63, 3.8) is 0 Å². The molecule has 1 atom stereocenters. The van der Waals surface area contributed by atoms with Crippen molar-refractivity contribution in [3.05, 3.63) is 87.9 Å². The number of para-hydroxylation sites is 1. The number of amides is 4. The molecule has 3 aromatic rings. The highest BCUT2D eigenvalue weighted by atomic mass is 35.5. The van der Waals surface area contributed by atoms with Crippen molar-refractivity contribution in [2.24, 2.45) is 5.92 Å². The summed E-state index contributed by atoms with van der Waals surface area (Å²) in [6, 6.07) is 17.7. The summed E-state index contributed by atoms with van der Waals surface area (Å²) in [5, 5.41) is 8.99. The quantitative estimate of drug-likeness (QED) is 0.203. The van der Waals surface area contributed by atoms with Crippen LogP contribution in [0.5, 0.6) is 5.75 Å². The average Bonchev–Trinajstić information content (AvgIpc) is 2.97. The first kappa shape index (κ1) is 34.2. The molecular weight excluding hydrogens is 607 g/mol. The summed E-state index contributed by atoms with van der Waals surface area (Å²) in [7, 11) is 2.91. The maximum absolute atomic E-state index is 12.9. The molecule has 0 fully saturated rings. The SMILES string of the molecule is COC(=O)Cc1cccc(NC(=O)NCC(=O)NC(CC(C)C)c2ccccc2OCC(=O)N(C)c2cc(Cl)cc(Cl)c2)c1. The van der Waals surface area contributed by atoms with Gasteiger partial charge in [-0.05, 0) is 54.3 Å². The molecule has 0 bridgehead atoms. The molecule has 0 heterocycles. The lowest BCUT2D eigenvalue weighted by Gasteiger charge is -2.24. The van der Waals surface area contributed by atoms with Crippen molar-refractivity contribution in [1.29, 1.82) is 0 Å². The molecule has 0 aliphatic heterocycles. The summed E-state index contributed by atoms with van der Waals surface area (Å²) in [6.45, 7) is 3.51. The molecule has 3 rings (SSSR count). The van der Waals surface area contributed by atoms with Crippen LogP contribution in [0.1, 0.15) is 37.4 Å². The van der Waals surface area contributed by atoms with Crippen molar-refractivity contribution in [2.45, 2.75) is 32.7 Å². The number of nitrogens with zero attached hydrogens (tertiary/aromatic N) is 1. The van der Waals surface area contributed by atoms with Gasteiger partial charge in [0.15, 0.2) is 6.61 Å². The van der Waals surface area contributed by atoms with E-state index < -0.39 is 23.9 Å². The van der Waals surface area contributed by atoms with Crippen LogP contribution in [-0.2, 0) is 25.5 Å². The summed E-state index contributed by atoms with van der Waals surface area (Å²) in [6.07, 6.45) is 0.653. The topological polar surface area (TPSA) is 126 Å². The van der Waals surface area contributed by atoms with Crippen LogP contribution in [0.25, 0.3) is 0 Å². The number of esters is 1. The van der Waals surface area contributed by atoms with Gasteiger partial charge < -0.3 is 30.3 Å². The zero-order valence-electron chi connectivity index (χ0n) is 25.0. The number of rotatable bonds is 13. The lowest BCUT2D eigenvalue weighted by molar-refractivity contribution is -0.139. The van der Waals surface area contributed by atoms with Crippen molar-refractivity contribution < 1.29 is 28.7 Å². The van der Waals surface area contributed by atoms with E-state index in [2.05, 4.69) is 20.7 Å². The molecule has 10 nitrogen and oxygen atoms in total. The van der Waals surface area contributed by atoms with Gasteiger partial charge in [0, 0.05) is 34.0 Å². The number of carbonyl (C=O) groups excluding carboxylic acids is 4. The number of carbonyl (C=O) groups is 4. The van der Waals surface area contributed by atoms with Crippen LogP contribution in [0.2, 0.25) is 10.0 Å². The van der Waals surface area contributed by atoms with Gasteiger partial charge in [0.25, 0.3) is 5.91 Å². The minimum atomic E-state index is -0.580. The Balaban J connectivity index is 1.62. The van der Waals surface area contributed by atoms with Gasteiger partial charge in [-0.3, -0.25) is 14.4 Å². The van der Waals surface area contributed by atoms with Gasteiger partial charge in [-0.25, -0.2) is 4.79 Å². The van der Waals surface area contributed by atoms with Gasteiger partial charge >= 0.3 is 12.0 Å². The van der Waals surface area contributed by atoms with Crippen LogP contribution in [-0.4, -0.2) is 51.1 Å². The first-order valence-corrected chi connectivity index (χ1v) is 14.6. The van der Waals surface area contributed by atoms with Crippen LogP contribution in [0, 0.1) is 5.92 Å². The Morgan fingerprint density at radius 3 is 2.32 bits per heavy atom. The molecule has 0 aromatic heterocycles. The number of benzene rings is 3. The highest BCUT2D eigenvalue weighted by Gasteiger charge is 2.22. The zero-order valence-corrected chi connectivity index (χ0v) is 26.5. The van der Waals surface area contributed by atoms with E-state index in [0.29, 0.717) is 44.7 Å². The second-order valence-corrected chi connectivity index (χ2v) is 11.3. The summed E-state index contributed by atoms with van der Waals surface area (Å²) < 4.78 is 10.6. The van der Waals surface area contributed by atoms with Gasteiger partial charge in [0.2, 0.25) is 5.91 Å². The molecule has 0 radical (unpaired) electrons. The van der Waals surface area contributed by atoms with Gasteiger partial charge in [-0.1, -0.05) is 67.4 Å². The van der Waals surface area contributed by atoms with Crippen molar-refractivity contribution in [1.82, 2.24) is 10.6 Å². The monoisotopic (exact) mass is 642 g/mol. The van der Waals surface area contributed by atoms with E-state index in [4.69, 9.17) is 27.9 Å². The number of urea groups is 1. The average molecular weight is 644 g/mol. The van der Waals surface area contributed by atoms with E-state index in [1.54, 1.807) is 61.6 Å². The Morgan fingerprint density at radius 2 is 1.64 bits per heavy atom. The second kappa shape index (κ2) is 16.5. The highest BCUT2D eigenvalue weighted by molar-refractivity contribution is 6.35. The molecule has 0 saturated heterocycles. The molecule has 3 N–H and O–H groups in total. The second-order valence-electron chi connectivity index (χ2n) is 10.4. The lowest BCUT2D eigenvalue weighted by Crippen LogP contribution is -2.40. The van der Waals surface area contributed by atoms with Crippen LogP contribution >= 0.6 is 23.2 Å². The number of methoxy groups -OCH3 is 1. The standard InChI is InChI=1S/C32H36Cl2N4O6/c1-20(2)12-27(37-29(39)18-35-32(42)36-24-9-7-8-21(13-24)14-31(41)43-4)26-10-5-6-11-28(26)44-19-30(40)38(3)25-16-22(33)15-23(34)17-25/h5-11,13,15-17,20,27H,12,14,18-19H2,1-4H3,(H,37,39)(H2,35,36,42). The summed E-state index contributed by atoms with van der Waals surface area (Å²) in [5.41, 5.74) is 2.36. The first-order chi connectivity index (χ1) is 20.9. The molecule has 12 heteroatoms. The van der Waals surface area contributed by atoms with E-state index in [1.165, 1.54) is 12.0 Å². The number of likely N-dealkylation sites (N-methyl/N-ethyl adjacent to an activating group) is 1. The Morgan fingerprint density at radius 1 is 0.932 bits per heavy atom. The normalized spacial score (nSPS) is 11.3. The maximum Gasteiger partial charge on any atom is 0.319 e. The molecule has 4 amide bonds. The van der Waals surface area contributed by atoms with E-state index in [-0.39, 0.29) is 31.4 Å². The maximum atomic E-state index is 12.9. The molecule has 0 spiro atoms. The van der Waals surface area contributed by atoms with E-state index in [1.807, 2.05) is 26.0 Å². The predicted octanol–water partition coefficient (Wildman–Crippen LogP) is 5.78. The lowest BCUT2D eigenvalue weighted by atomic mass is 9.96. The molecule has 0 aliphatic carbocycles. The van der Waals surface area contributed by atoms with Gasteiger partial charge in [0.05, 0.1) is 26.1 Å². The van der Waals surface area contributed by atoms with E-state index >= 15 is 0 Å². The van der Waals surface area contributed by atoms with E-state index in [0.717, 1.165) is 0 Å². The van der Waals surface area contributed by atoms with E-state index in [9.17, 15) is 19.2 Å². The highest BCUT2D eigenvalue weighted by Crippen LogP contribution is 2.30. The smallest absolute Gasteiger partial charge is 0.319 e. The zero-order chi connectivity index (χ0) is 32.2. The predicted molar refractivity (Wildman–Crippen MR) is 171 cm³/mol. The minimum Gasteiger partial charge on any atom is -0.483 e. The fourth-order valence-corrected chi connectivity index (χ4v) is 4.84. The Hall–Kier alpha value is -4.28. The number of ether oxygens (including phenoxy) is 2. The molecule has 234 valence electrons. The fraction of sp³-hybridized carbons (Fsp3) is 0.312. The van der Waals surface area contributed by atoms with Crippen LogP contribution in [0.4, 0.5) is 16.2 Å². The van der Waals surface area contributed by atoms with Gasteiger partial charge in [0.1, 0.15) is 5.75 Å². The van der Waals surface area contributed by atoms with Crippen molar-refractivity contribution >= 4 is 58.4 Å². The number of hydrogen-bond acceptors (Lipinski definition) is 6. The largest absolute Gasteiger partial charge is 0.483 e. The third-order valence-electron chi connectivity index (χ3n) is 6.47. The number of hydrogen-bond donors (Lipinski definition) is 3. The number of nitrogens with one attached hydrogen (secondary N) is 3. The fourth-order valence-electron chi connectivity index (χ4n) is 4.33. The number of anilines is 2. The third-order valence-corrected chi connectivity index (χ3v) is 6.90. The van der Waals surface area contributed by atoms with Crippen molar-refractivity contribution in [3.8, 4) is 5.75 Å². The first-order valence-electron chi connectivity index (χ1n) is 13.9. The molecule has 0 saturated carbocycles. The summed E-state index contributed by atoms with van der Waals surface area (Å²) >= 11 is 12.2. The van der Waals surface area contributed by atoms with Crippen LogP contribution in [0.3, 0.4) is 0 Å². The van der Waals surface area contributed by atoms with Crippen LogP contribution in [0.15, 0.2) is 66.7 Å². The van der Waals surface area contributed by atoms with Gasteiger partial charge in [-0.2, -0.15) is 0 Å². The molecule has 1 unspecified atom stereocenters. The summed E-state index contributed by atoms with van der Waals surface area (Å²) in [4.78, 5) is 51.3. The van der Waals surface area contributed by atoms with Crippen molar-refractivity contribution in [2.75, 3.05) is 37.5 Å². The molecule has 3 aromatic carbocycles. The molecular formula is C32H36Cl2N4O6.